The van der Waals surface area contributed by atoms with Gasteiger partial charge in [0.05, 0.1) is 19.1 Å². The first-order chi connectivity index (χ1) is 16.6. The van der Waals surface area contributed by atoms with Crippen LogP contribution in [0.25, 0.3) is 0 Å². The van der Waals surface area contributed by atoms with Crippen LogP contribution in [0, 0.1) is 5.92 Å². The first-order valence-electron chi connectivity index (χ1n) is 10.9. The van der Waals surface area contributed by atoms with E-state index in [-0.39, 0.29) is 18.5 Å². The van der Waals surface area contributed by atoms with Crippen LogP contribution in [0.2, 0.25) is 5.02 Å². The number of imide groups is 1. The number of nitrogens with one attached hydrogen (secondary N) is 2. The number of aromatic hydroxyl groups is 1. The SMILES string of the molecule is CCC(NC(=O)N1CC(=O)NCC(Cc2cc(Cl)ccc2OC)C1=O)c1ccc(C(=O)O)c(O)c1. The molecular weight excluding hydrogens is 478 g/mol. The molecule has 2 aromatic rings. The van der Waals surface area contributed by atoms with E-state index in [1.165, 1.54) is 25.3 Å². The van der Waals surface area contributed by atoms with Crippen LogP contribution >= 0.6 is 11.6 Å². The van der Waals surface area contributed by atoms with Crippen molar-refractivity contribution < 1.29 is 34.1 Å². The molecule has 4 N–H and O–H groups in total. The highest BCUT2D eigenvalue weighted by atomic mass is 35.5. The van der Waals surface area contributed by atoms with Gasteiger partial charge in [0, 0.05) is 11.6 Å². The fourth-order valence-electron chi connectivity index (χ4n) is 3.92. The van der Waals surface area contributed by atoms with Gasteiger partial charge in [0.2, 0.25) is 11.8 Å². The number of carbonyl (C=O) groups excluding carboxylic acids is 3. The molecule has 2 atom stereocenters. The van der Waals surface area contributed by atoms with Gasteiger partial charge in [-0.3, -0.25) is 14.5 Å². The number of methoxy groups -OCH3 is 1. The number of phenols is 1. The molecule has 0 bridgehead atoms. The highest BCUT2D eigenvalue weighted by Crippen LogP contribution is 2.27. The summed E-state index contributed by atoms with van der Waals surface area (Å²) in [5.41, 5.74) is 0.846. The van der Waals surface area contributed by atoms with E-state index in [0.717, 1.165) is 4.90 Å². The summed E-state index contributed by atoms with van der Waals surface area (Å²) in [6.45, 7) is 1.37. The number of ether oxygens (including phenoxy) is 1. The second-order valence-electron chi connectivity index (χ2n) is 8.08. The van der Waals surface area contributed by atoms with Crippen LogP contribution in [-0.2, 0) is 16.0 Å². The number of halogens is 1. The molecule has 3 rings (SSSR count). The maximum absolute atomic E-state index is 13.3. The first kappa shape index (κ1) is 25.8. The van der Waals surface area contributed by atoms with Gasteiger partial charge in [-0.05, 0) is 54.3 Å². The van der Waals surface area contributed by atoms with Crippen molar-refractivity contribution in [2.75, 3.05) is 20.2 Å². The van der Waals surface area contributed by atoms with E-state index in [1.54, 1.807) is 25.1 Å². The molecule has 35 heavy (non-hydrogen) atoms. The molecule has 1 fully saturated rings. The third-order valence-corrected chi connectivity index (χ3v) is 6.01. The van der Waals surface area contributed by atoms with E-state index in [4.69, 9.17) is 21.4 Å². The van der Waals surface area contributed by atoms with Crippen molar-refractivity contribution in [2.24, 2.45) is 5.92 Å². The molecule has 1 heterocycles. The van der Waals surface area contributed by atoms with Gasteiger partial charge in [-0.1, -0.05) is 24.6 Å². The van der Waals surface area contributed by atoms with Crippen LogP contribution in [0.3, 0.4) is 0 Å². The zero-order valence-electron chi connectivity index (χ0n) is 19.2. The second kappa shape index (κ2) is 11.1. The molecular formula is C24H26ClN3O7. The molecule has 186 valence electrons. The lowest BCUT2D eigenvalue weighted by Gasteiger charge is -2.25. The lowest BCUT2D eigenvalue weighted by atomic mass is 9.97. The van der Waals surface area contributed by atoms with Gasteiger partial charge in [0.15, 0.2) is 0 Å². The third kappa shape index (κ3) is 6.02. The van der Waals surface area contributed by atoms with Crippen LogP contribution in [0.1, 0.15) is 40.9 Å². The summed E-state index contributed by atoms with van der Waals surface area (Å²) in [4.78, 5) is 50.7. The number of urea groups is 1. The largest absolute Gasteiger partial charge is 0.507 e. The Morgan fingerprint density at radius 3 is 2.63 bits per heavy atom. The molecule has 0 aromatic heterocycles. The predicted molar refractivity (Wildman–Crippen MR) is 127 cm³/mol. The van der Waals surface area contributed by atoms with Crippen molar-refractivity contribution in [3.63, 3.8) is 0 Å². The van der Waals surface area contributed by atoms with Crippen molar-refractivity contribution in [1.82, 2.24) is 15.5 Å². The molecule has 1 aliphatic rings. The normalized spacial score (nSPS) is 16.8. The molecule has 1 saturated heterocycles. The summed E-state index contributed by atoms with van der Waals surface area (Å²) >= 11 is 6.10. The van der Waals surface area contributed by atoms with E-state index in [9.17, 15) is 24.3 Å². The van der Waals surface area contributed by atoms with Crippen molar-refractivity contribution >= 4 is 35.4 Å². The van der Waals surface area contributed by atoms with Crippen LogP contribution in [0.4, 0.5) is 4.79 Å². The summed E-state index contributed by atoms with van der Waals surface area (Å²) in [7, 11) is 1.49. The van der Waals surface area contributed by atoms with Gasteiger partial charge in [-0.15, -0.1) is 0 Å². The molecule has 4 amide bonds. The van der Waals surface area contributed by atoms with E-state index in [2.05, 4.69) is 10.6 Å². The zero-order chi connectivity index (χ0) is 25.7. The molecule has 0 radical (unpaired) electrons. The number of carboxylic acid groups (broad SMARTS) is 1. The lowest BCUT2D eigenvalue weighted by Crippen LogP contribution is -2.48. The van der Waals surface area contributed by atoms with Gasteiger partial charge >= 0.3 is 12.0 Å². The van der Waals surface area contributed by atoms with E-state index in [0.29, 0.717) is 28.3 Å². The number of benzene rings is 2. The van der Waals surface area contributed by atoms with Crippen molar-refractivity contribution in [3.8, 4) is 11.5 Å². The Morgan fingerprint density at radius 2 is 2.00 bits per heavy atom. The van der Waals surface area contributed by atoms with Crippen molar-refractivity contribution in [3.05, 3.63) is 58.1 Å². The molecule has 0 aliphatic carbocycles. The quantitative estimate of drug-likeness (QED) is 0.454. The number of carbonyl (C=O) groups is 4. The fourth-order valence-corrected chi connectivity index (χ4v) is 4.11. The number of carboxylic acids is 1. The topological polar surface area (TPSA) is 145 Å². The number of nitrogens with zero attached hydrogens (tertiary/aromatic N) is 1. The van der Waals surface area contributed by atoms with Gasteiger partial charge in [0.1, 0.15) is 23.6 Å². The van der Waals surface area contributed by atoms with Gasteiger partial charge in [-0.25, -0.2) is 9.59 Å². The highest BCUT2D eigenvalue weighted by molar-refractivity contribution is 6.30. The standard InChI is InChI=1S/C24H26ClN3O7/c1-3-18(13-4-6-17(23(32)33)19(29)10-13)27-24(34)28-12-21(30)26-11-15(22(28)31)8-14-9-16(25)5-7-20(14)35-2/h4-7,9-10,15,18,29H,3,8,11-12H2,1-2H3,(H,26,30)(H,27,34)(H,32,33). The Morgan fingerprint density at radius 1 is 1.26 bits per heavy atom. The maximum atomic E-state index is 13.3. The first-order valence-corrected chi connectivity index (χ1v) is 11.3. The van der Waals surface area contributed by atoms with E-state index in [1.807, 2.05) is 0 Å². The number of hydrogen-bond acceptors (Lipinski definition) is 6. The van der Waals surface area contributed by atoms with E-state index >= 15 is 0 Å². The molecule has 1 aliphatic heterocycles. The van der Waals surface area contributed by atoms with Crippen molar-refractivity contribution in [2.45, 2.75) is 25.8 Å². The van der Waals surface area contributed by atoms with Crippen LogP contribution in [0.15, 0.2) is 36.4 Å². The Hall–Kier alpha value is -3.79. The minimum Gasteiger partial charge on any atom is -0.507 e. The molecule has 2 aromatic carbocycles. The monoisotopic (exact) mass is 503 g/mol. The number of rotatable bonds is 7. The summed E-state index contributed by atoms with van der Waals surface area (Å²) in [5.74, 6) is -2.95. The second-order valence-corrected chi connectivity index (χ2v) is 8.51. The molecule has 0 saturated carbocycles. The molecule has 11 heteroatoms. The average Bonchev–Trinajstić information content (AvgIpc) is 2.96. The van der Waals surface area contributed by atoms with Gasteiger partial charge in [0.25, 0.3) is 0 Å². The smallest absolute Gasteiger partial charge is 0.339 e. The maximum Gasteiger partial charge on any atom is 0.339 e. The number of aromatic carboxylic acids is 1. The van der Waals surface area contributed by atoms with Crippen LogP contribution in [0.5, 0.6) is 11.5 Å². The highest BCUT2D eigenvalue weighted by Gasteiger charge is 2.35. The summed E-state index contributed by atoms with van der Waals surface area (Å²) in [6.07, 6.45) is 0.573. The minimum absolute atomic E-state index is 0.0405. The van der Waals surface area contributed by atoms with Crippen LogP contribution < -0.4 is 15.4 Å². The molecule has 0 spiro atoms. The van der Waals surface area contributed by atoms with Crippen molar-refractivity contribution in [1.29, 1.82) is 0 Å². The summed E-state index contributed by atoms with van der Waals surface area (Å²) < 4.78 is 5.35. The Balaban J connectivity index is 1.81. The molecule has 10 nitrogen and oxygen atoms in total. The number of hydrogen-bond donors (Lipinski definition) is 4. The Kier molecular flexibility index (Phi) is 8.18. The number of amides is 4. The average molecular weight is 504 g/mol. The third-order valence-electron chi connectivity index (χ3n) is 5.78. The summed E-state index contributed by atoms with van der Waals surface area (Å²) in [6, 6.07) is 7.56. The predicted octanol–water partition coefficient (Wildman–Crippen LogP) is 2.73. The van der Waals surface area contributed by atoms with E-state index < -0.39 is 48.1 Å². The van der Waals surface area contributed by atoms with Gasteiger partial charge < -0.3 is 25.6 Å². The van der Waals surface area contributed by atoms with Gasteiger partial charge in [-0.2, -0.15) is 0 Å². The zero-order valence-corrected chi connectivity index (χ0v) is 20.0. The van der Waals surface area contributed by atoms with Crippen LogP contribution in [-0.4, -0.2) is 59.1 Å². The Labute approximate surface area is 206 Å². The lowest BCUT2D eigenvalue weighted by molar-refractivity contribution is -0.133. The minimum atomic E-state index is -1.28. The molecule has 2 unspecified atom stereocenters. The summed E-state index contributed by atoms with van der Waals surface area (Å²) in [5, 5.41) is 24.9. The Bertz CT molecular complexity index is 1150. The fraction of sp³-hybridized carbons (Fsp3) is 0.333.